The topological polar surface area (TPSA) is 511 Å². The predicted octanol–water partition coefficient (Wildman–Crippen LogP) is -12.3. The van der Waals surface area contributed by atoms with Crippen LogP contribution in [0.4, 0.5) is 0 Å². The minimum atomic E-state index is -2.96. The molecule has 0 aliphatic carbocycles. The maximum absolute atomic E-state index is 12.7. The first kappa shape index (κ1) is 58.8. The molecule has 5 aliphatic heterocycles. The molecule has 32 heteroatoms. The van der Waals surface area contributed by atoms with Crippen LogP contribution in [0.25, 0.3) is 0 Å². The number of aliphatic hydroxyl groups excluding tert-OH is 15. The summed E-state index contributed by atoms with van der Waals surface area (Å²) in [4.78, 5) is 48.9. The highest BCUT2D eigenvalue weighted by molar-refractivity contribution is 5.76. The van der Waals surface area contributed by atoms with E-state index >= 15 is 0 Å². The average Bonchev–Trinajstić information content (AvgIpc) is 3.31. The molecule has 0 spiro atoms. The van der Waals surface area contributed by atoms with E-state index in [4.69, 9.17) is 42.6 Å². The number of aliphatic hydroxyl groups is 15. The van der Waals surface area contributed by atoms with E-state index in [1.165, 1.54) is 0 Å². The standard InChI is InChI=1S/C39H65N3O29/c1-10(47)40-19-13(50)4-39(38(61)62,71-32(19)22(52)14(51)5-43)63-9-18-23(53)27(57)28(58)36(67-18)68-31-17(8-46)66-35(21(26(31)56)42-12(3)49)70-33-24(54)15(6-44)65-37(29(33)59)69-30-16(7-45)64-34(60)20(25(30)55)41-11(2)48/h13-37,43-46,50-60H,4-9H2,1-3H3,(H,40,47)(H,41,48)(H,42,49)(H,61,62)/t13-,14+,15+,16+,17+,18+,19+,20+,21+,22+,23-,24-,25+,26+,27-,28+,29+,30+,31+,32+,33-,34?,35-,36-,37-,39+/m0/s1. The normalized spacial score (nSPS) is 45.0. The molecule has 1 unspecified atom stereocenters. The maximum Gasteiger partial charge on any atom is 0.364 e. The summed E-state index contributed by atoms with van der Waals surface area (Å²) in [5.74, 6) is -7.28. The second kappa shape index (κ2) is 25.0. The number of carboxylic acids is 1. The summed E-state index contributed by atoms with van der Waals surface area (Å²) < 4.78 is 50.9. The molecule has 5 rings (SSSR count). The van der Waals surface area contributed by atoms with Gasteiger partial charge in [0, 0.05) is 27.2 Å². The Labute approximate surface area is 402 Å². The molecule has 0 aromatic rings. The van der Waals surface area contributed by atoms with E-state index < -0.39 is 222 Å². The lowest BCUT2D eigenvalue weighted by Crippen LogP contribution is -2.70. The lowest BCUT2D eigenvalue weighted by molar-refractivity contribution is -0.379. The number of rotatable bonds is 19. The van der Waals surface area contributed by atoms with Crippen LogP contribution in [0.1, 0.15) is 27.2 Å². The first-order chi connectivity index (χ1) is 33.3. The molecular formula is C39H65N3O29. The maximum atomic E-state index is 12.7. The number of amides is 3. The first-order valence-electron chi connectivity index (χ1n) is 22.2. The van der Waals surface area contributed by atoms with Gasteiger partial charge in [0.05, 0.1) is 45.2 Å². The van der Waals surface area contributed by atoms with Crippen LogP contribution in [-0.2, 0) is 61.8 Å². The third kappa shape index (κ3) is 13.1. The minimum absolute atomic E-state index is 0.715. The zero-order chi connectivity index (χ0) is 53.0. The summed E-state index contributed by atoms with van der Waals surface area (Å²) in [7, 11) is 0. The second-order valence-corrected chi connectivity index (χ2v) is 17.6. The van der Waals surface area contributed by atoms with E-state index in [1.54, 1.807) is 0 Å². The molecule has 0 saturated carbocycles. The van der Waals surface area contributed by atoms with Gasteiger partial charge >= 0.3 is 5.97 Å². The van der Waals surface area contributed by atoms with Gasteiger partial charge in [-0.05, 0) is 0 Å². The summed E-state index contributed by atoms with van der Waals surface area (Å²) >= 11 is 0. The Hall–Kier alpha value is -3.08. The summed E-state index contributed by atoms with van der Waals surface area (Å²) in [6.45, 7) is -2.07. The molecule has 0 bridgehead atoms. The number of hydrogen-bond acceptors (Lipinski definition) is 28. The van der Waals surface area contributed by atoms with E-state index in [0.717, 1.165) is 20.8 Å². The van der Waals surface area contributed by atoms with Gasteiger partial charge in [0.15, 0.2) is 25.2 Å². The minimum Gasteiger partial charge on any atom is -0.477 e. The van der Waals surface area contributed by atoms with E-state index in [0.29, 0.717) is 0 Å². The fraction of sp³-hybridized carbons (Fsp3) is 0.897. The van der Waals surface area contributed by atoms with Crippen molar-refractivity contribution in [1.82, 2.24) is 16.0 Å². The number of aliphatic carboxylic acids is 1. The van der Waals surface area contributed by atoms with E-state index in [2.05, 4.69) is 16.0 Å². The van der Waals surface area contributed by atoms with Crippen LogP contribution in [0.15, 0.2) is 0 Å². The lowest BCUT2D eigenvalue weighted by atomic mass is 9.88. The van der Waals surface area contributed by atoms with Crippen LogP contribution >= 0.6 is 0 Å². The molecule has 410 valence electrons. The van der Waals surface area contributed by atoms with Crippen molar-refractivity contribution >= 4 is 23.7 Å². The van der Waals surface area contributed by atoms with Gasteiger partial charge < -0.3 is 140 Å². The molecule has 5 heterocycles. The third-order valence-corrected chi connectivity index (χ3v) is 12.5. The highest BCUT2D eigenvalue weighted by Crippen LogP contribution is 2.37. The number of ether oxygens (including phenoxy) is 9. The Bertz CT molecular complexity index is 1780. The monoisotopic (exact) mass is 1040 g/mol. The SMILES string of the molecule is CC(=O)N[C@H]1[C@H](O[C@H]2[C@@H](O)[C@@H](CO)O[C@@H](O[C@H]3[C@H](O)[C@@H](NC(C)=O)C(O)O[C@@H]3CO)[C@@H]2O)O[C@H](CO)[C@@H](O[C@@H]2O[C@H](CO[C@]3(C(=O)O)C[C@H](O)[C@@H](NC(C)=O)[C@H]([C@H](O)[C@H](O)CO)O3)[C@H](O)[C@H](O)[C@H]2O)[C@@H]1O. The Balaban J connectivity index is 1.35. The van der Waals surface area contributed by atoms with Crippen molar-refractivity contribution in [1.29, 1.82) is 0 Å². The van der Waals surface area contributed by atoms with Crippen LogP contribution in [0.5, 0.6) is 0 Å². The Morgan fingerprint density at radius 1 is 0.563 bits per heavy atom. The van der Waals surface area contributed by atoms with Crippen molar-refractivity contribution in [2.45, 2.75) is 186 Å². The first-order valence-corrected chi connectivity index (χ1v) is 22.2. The van der Waals surface area contributed by atoms with E-state index in [-0.39, 0.29) is 0 Å². The molecule has 19 N–H and O–H groups in total. The van der Waals surface area contributed by atoms with Crippen LogP contribution in [0.3, 0.4) is 0 Å². The third-order valence-electron chi connectivity index (χ3n) is 12.5. The summed E-state index contributed by atoms with van der Waals surface area (Å²) in [6, 6.07) is -4.92. The van der Waals surface area contributed by atoms with Crippen LogP contribution in [0, 0.1) is 0 Å². The summed E-state index contributed by atoms with van der Waals surface area (Å²) in [5.41, 5.74) is 0. The van der Waals surface area contributed by atoms with E-state index in [9.17, 15) is 101 Å². The number of carboxylic acid groups (broad SMARTS) is 1. The molecule has 5 fully saturated rings. The Morgan fingerprint density at radius 2 is 1.04 bits per heavy atom. The van der Waals surface area contributed by atoms with Gasteiger partial charge in [0.2, 0.25) is 17.7 Å². The van der Waals surface area contributed by atoms with Crippen LogP contribution in [0.2, 0.25) is 0 Å². The number of nitrogens with one attached hydrogen (secondary N) is 3. The van der Waals surface area contributed by atoms with Crippen molar-refractivity contribution in [2.24, 2.45) is 0 Å². The quantitative estimate of drug-likeness (QED) is 0.0571. The second-order valence-electron chi connectivity index (χ2n) is 17.6. The zero-order valence-electron chi connectivity index (χ0n) is 38.1. The molecule has 3 amide bonds. The van der Waals surface area contributed by atoms with Gasteiger partial charge in [-0.25, -0.2) is 4.79 Å². The van der Waals surface area contributed by atoms with Gasteiger partial charge in [0.25, 0.3) is 5.79 Å². The molecule has 5 saturated heterocycles. The average molecular weight is 1040 g/mol. The summed E-state index contributed by atoms with van der Waals surface area (Å²) in [6.07, 6.45) is -44.0. The molecule has 71 heavy (non-hydrogen) atoms. The van der Waals surface area contributed by atoms with Crippen molar-refractivity contribution in [3.8, 4) is 0 Å². The van der Waals surface area contributed by atoms with Gasteiger partial charge in [-0.2, -0.15) is 0 Å². The smallest absolute Gasteiger partial charge is 0.364 e. The highest BCUT2D eigenvalue weighted by atomic mass is 16.8. The molecule has 0 radical (unpaired) electrons. The van der Waals surface area contributed by atoms with Crippen molar-refractivity contribution in [3.05, 3.63) is 0 Å². The number of carbonyl (C=O) groups excluding carboxylic acids is 3. The lowest BCUT2D eigenvalue weighted by Gasteiger charge is -2.50. The van der Waals surface area contributed by atoms with E-state index in [1.807, 2.05) is 0 Å². The van der Waals surface area contributed by atoms with Crippen LogP contribution in [-0.4, -0.2) is 297 Å². The highest BCUT2D eigenvalue weighted by Gasteiger charge is 2.59. The zero-order valence-corrected chi connectivity index (χ0v) is 38.1. The largest absolute Gasteiger partial charge is 0.477 e. The van der Waals surface area contributed by atoms with Gasteiger partial charge in [-0.1, -0.05) is 0 Å². The number of carbonyl (C=O) groups is 4. The molecule has 0 aromatic heterocycles. The molecular weight excluding hydrogens is 974 g/mol. The fourth-order valence-electron chi connectivity index (χ4n) is 8.83. The van der Waals surface area contributed by atoms with Gasteiger partial charge in [-0.3, -0.25) is 14.4 Å². The molecule has 5 aliphatic rings. The van der Waals surface area contributed by atoms with Crippen molar-refractivity contribution < 1.29 is 144 Å². The fourth-order valence-corrected chi connectivity index (χ4v) is 8.83. The van der Waals surface area contributed by atoms with Crippen LogP contribution < -0.4 is 16.0 Å². The predicted molar refractivity (Wildman–Crippen MR) is 219 cm³/mol. The molecule has 0 aromatic carbocycles. The van der Waals surface area contributed by atoms with Crippen molar-refractivity contribution in [2.75, 3.05) is 33.0 Å². The Kier molecular flexibility index (Phi) is 20.7. The number of hydrogen-bond donors (Lipinski definition) is 19. The van der Waals surface area contributed by atoms with Gasteiger partial charge in [0.1, 0.15) is 116 Å². The van der Waals surface area contributed by atoms with Crippen molar-refractivity contribution in [3.63, 3.8) is 0 Å². The molecule has 32 nitrogen and oxygen atoms in total. The molecule has 26 atom stereocenters. The van der Waals surface area contributed by atoms with Gasteiger partial charge in [-0.15, -0.1) is 0 Å². The Morgan fingerprint density at radius 3 is 1.58 bits per heavy atom. The summed E-state index contributed by atoms with van der Waals surface area (Å²) in [5, 5.41) is 178.